The molecule has 4 rings (SSSR count). The minimum absolute atomic E-state index is 0.0891. The molecule has 26 heavy (non-hydrogen) atoms. The minimum Gasteiger partial charge on any atom is -0.310 e. The van der Waals surface area contributed by atoms with Crippen molar-refractivity contribution < 1.29 is 22.4 Å². The van der Waals surface area contributed by atoms with Gasteiger partial charge in [-0.1, -0.05) is 6.07 Å². The highest BCUT2D eigenvalue weighted by molar-refractivity contribution is 5.94. The average molecular weight is 361 g/mol. The lowest BCUT2D eigenvalue weighted by atomic mass is 9.89. The van der Waals surface area contributed by atoms with E-state index in [9.17, 15) is 22.4 Å². The highest BCUT2D eigenvalue weighted by Gasteiger charge is 2.34. The molecule has 8 heteroatoms. The van der Waals surface area contributed by atoms with Gasteiger partial charge in [0.05, 0.1) is 11.4 Å². The normalized spacial score (nSPS) is 16.3. The second-order valence-electron chi connectivity index (χ2n) is 5.92. The van der Waals surface area contributed by atoms with Gasteiger partial charge < -0.3 is 5.32 Å². The Kier molecular flexibility index (Phi) is 3.75. The molecule has 1 unspecified atom stereocenters. The van der Waals surface area contributed by atoms with Crippen molar-refractivity contribution in [2.24, 2.45) is 0 Å². The summed E-state index contributed by atoms with van der Waals surface area (Å²) in [6.07, 6.45) is 1.05. The van der Waals surface area contributed by atoms with Crippen LogP contribution in [0.3, 0.4) is 0 Å². The number of hydrogen-bond donors (Lipinski definition) is 1. The van der Waals surface area contributed by atoms with E-state index in [4.69, 9.17) is 0 Å². The van der Waals surface area contributed by atoms with Crippen molar-refractivity contribution in [1.82, 2.24) is 9.55 Å². The minimum atomic E-state index is -0.945. The van der Waals surface area contributed by atoms with Gasteiger partial charge in [0.1, 0.15) is 35.4 Å². The van der Waals surface area contributed by atoms with E-state index in [1.165, 1.54) is 17.0 Å². The van der Waals surface area contributed by atoms with E-state index in [2.05, 4.69) is 10.3 Å². The summed E-state index contributed by atoms with van der Waals surface area (Å²) in [5.41, 5.74) is 0.0451. The molecule has 1 aromatic heterocycles. The number of benzene rings is 2. The Hall–Kier alpha value is -3.16. The molecule has 132 valence electrons. The molecule has 1 atom stereocenters. The summed E-state index contributed by atoms with van der Waals surface area (Å²) in [4.78, 5) is 16.2. The van der Waals surface area contributed by atoms with Crippen molar-refractivity contribution in [2.75, 3.05) is 5.32 Å². The van der Waals surface area contributed by atoms with E-state index >= 15 is 0 Å². The van der Waals surface area contributed by atoms with Crippen LogP contribution < -0.4 is 5.32 Å². The second-order valence-corrected chi connectivity index (χ2v) is 5.92. The molecule has 2 aromatic carbocycles. The molecule has 2 heterocycles. The van der Waals surface area contributed by atoms with Gasteiger partial charge in [-0.3, -0.25) is 9.36 Å². The summed E-state index contributed by atoms with van der Waals surface area (Å²) in [5, 5.41) is 2.56. The quantitative estimate of drug-likeness (QED) is 0.704. The lowest BCUT2D eigenvalue weighted by molar-refractivity contribution is -0.116. The largest absolute Gasteiger partial charge is 0.310 e. The molecule has 1 amide bonds. The maximum atomic E-state index is 14.2. The molecule has 0 spiro atoms. The first kappa shape index (κ1) is 16.3. The summed E-state index contributed by atoms with van der Waals surface area (Å²) < 4.78 is 56.7. The zero-order valence-electron chi connectivity index (χ0n) is 13.1. The van der Waals surface area contributed by atoms with E-state index in [-0.39, 0.29) is 29.2 Å². The first-order valence-electron chi connectivity index (χ1n) is 7.71. The fourth-order valence-electron chi connectivity index (χ4n) is 3.16. The molecular weight excluding hydrogens is 350 g/mol. The number of nitrogens with zero attached hydrogens (tertiary/aromatic N) is 2. The highest BCUT2D eigenvalue weighted by Crippen LogP contribution is 2.39. The third-order valence-electron chi connectivity index (χ3n) is 4.25. The Morgan fingerprint density at radius 1 is 1.04 bits per heavy atom. The third-order valence-corrected chi connectivity index (χ3v) is 4.25. The highest BCUT2D eigenvalue weighted by atomic mass is 19.1. The average Bonchev–Trinajstić information content (AvgIpc) is 2.97. The molecule has 0 saturated carbocycles. The Labute approximate surface area is 145 Å². The van der Waals surface area contributed by atoms with Crippen molar-refractivity contribution in [3.8, 4) is 5.69 Å². The summed E-state index contributed by atoms with van der Waals surface area (Å²) >= 11 is 0. The van der Waals surface area contributed by atoms with Crippen LogP contribution in [0.4, 0.5) is 23.4 Å². The van der Waals surface area contributed by atoms with Crippen molar-refractivity contribution in [3.63, 3.8) is 0 Å². The molecule has 0 saturated heterocycles. The van der Waals surface area contributed by atoms with Crippen molar-refractivity contribution >= 4 is 11.7 Å². The zero-order valence-corrected chi connectivity index (χ0v) is 13.1. The third kappa shape index (κ3) is 2.63. The van der Waals surface area contributed by atoms with Crippen molar-refractivity contribution in [1.29, 1.82) is 0 Å². The lowest BCUT2D eigenvalue weighted by Gasteiger charge is -2.24. The van der Waals surface area contributed by atoms with Crippen LogP contribution in [0, 0.1) is 23.3 Å². The van der Waals surface area contributed by atoms with Gasteiger partial charge in [0.15, 0.2) is 0 Å². The van der Waals surface area contributed by atoms with E-state index < -0.39 is 35.1 Å². The van der Waals surface area contributed by atoms with Crippen LogP contribution in [0.5, 0.6) is 0 Å². The lowest BCUT2D eigenvalue weighted by Crippen LogP contribution is -2.26. The Morgan fingerprint density at radius 2 is 1.69 bits per heavy atom. The van der Waals surface area contributed by atoms with Crippen molar-refractivity contribution in [2.45, 2.75) is 12.3 Å². The van der Waals surface area contributed by atoms with Crippen molar-refractivity contribution in [3.05, 3.63) is 77.3 Å². The van der Waals surface area contributed by atoms with Gasteiger partial charge in [0.25, 0.3) is 0 Å². The van der Waals surface area contributed by atoms with E-state index in [0.29, 0.717) is 6.07 Å². The molecule has 0 fully saturated rings. The number of amides is 1. The number of hydrogen-bond acceptors (Lipinski definition) is 2. The molecule has 0 aliphatic carbocycles. The summed E-state index contributed by atoms with van der Waals surface area (Å²) in [6, 6.07) is 6.26. The number of halogens is 4. The van der Waals surface area contributed by atoms with Gasteiger partial charge >= 0.3 is 0 Å². The molecule has 1 N–H and O–H groups in total. The SMILES string of the molecule is O=C1CC(c2c(F)cccc2F)c2ncn(-c3cc(F)cc(F)c3)c2N1. The molecule has 0 bridgehead atoms. The first-order chi connectivity index (χ1) is 12.4. The fraction of sp³-hybridized carbons (Fsp3) is 0.111. The number of carbonyl (C=O) groups is 1. The summed E-state index contributed by atoms with van der Waals surface area (Å²) in [5.74, 6) is -4.49. The van der Waals surface area contributed by atoms with E-state index in [1.54, 1.807) is 0 Å². The molecule has 3 aromatic rings. The number of imidazole rings is 1. The van der Waals surface area contributed by atoms with Crippen LogP contribution >= 0.6 is 0 Å². The predicted molar refractivity (Wildman–Crippen MR) is 84.9 cm³/mol. The molecule has 1 aliphatic rings. The van der Waals surface area contributed by atoms with Gasteiger partial charge in [-0.2, -0.15) is 0 Å². The molecular formula is C18H11F4N3O. The van der Waals surface area contributed by atoms with Gasteiger partial charge in [-0.05, 0) is 24.3 Å². The van der Waals surface area contributed by atoms with Gasteiger partial charge in [-0.25, -0.2) is 22.5 Å². The van der Waals surface area contributed by atoms with Crippen LogP contribution in [0.2, 0.25) is 0 Å². The molecule has 1 aliphatic heterocycles. The summed E-state index contributed by atoms with van der Waals surface area (Å²) in [7, 11) is 0. The van der Waals surface area contributed by atoms with E-state index in [0.717, 1.165) is 24.3 Å². The maximum Gasteiger partial charge on any atom is 0.226 e. The Bertz CT molecular complexity index is 991. The van der Waals surface area contributed by atoms with Gasteiger partial charge in [0.2, 0.25) is 5.91 Å². The Morgan fingerprint density at radius 3 is 2.35 bits per heavy atom. The van der Waals surface area contributed by atoms with Gasteiger partial charge in [0, 0.05) is 24.0 Å². The Balaban J connectivity index is 1.88. The van der Waals surface area contributed by atoms with Crippen LogP contribution in [-0.2, 0) is 4.79 Å². The standard InChI is InChI=1S/C18H11F4N3O/c19-9-4-10(20)6-11(5-9)25-8-23-17-12(7-15(26)24-18(17)25)16-13(21)2-1-3-14(16)22/h1-6,8,12H,7H2,(H,24,26). The fourth-order valence-corrected chi connectivity index (χ4v) is 3.16. The number of carbonyl (C=O) groups excluding carboxylic acids is 1. The maximum absolute atomic E-state index is 14.2. The second kappa shape index (κ2) is 5.98. The predicted octanol–water partition coefficient (Wildman–Crippen LogP) is 3.90. The first-order valence-corrected chi connectivity index (χ1v) is 7.71. The number of nitrogens with one attached hydrogen (secondary N) is 1. The van der Waals surface area contributed by atoms with E-state index in [1.807, 2.05) is 0 Å². The number of anilines is 1. The molecule has 0 radical (unpaired) electrons. The topological polar surface area (TPSA) is 46.9 Å². The monoisotopic (exact) mass is 361 g/mol. The molecule has 4 nitrogen and oxygen atoms in total. The smallest absolute Gasteiger partial charge is 0.226 e. The van der Waals surface area contributed by atoms with Crippen LogP contribution in [-0.4, -0.2) is 15.5 Å². The van der Waals surface area contributed by atoms with Gasteiger partial charge in [-0.15, -0.1) is 0 Å². The van der Waals surface area contributed by atoms with Crippen LogP contribution in [0.15, 0.2) is 42.7 Å². The van der Waals surface area contributed by atoms with Crippen LogP contribution in [0.25, 0.3) is 5.69 Å². The summed E-state index contributed by atoms with van der Waals surface area (Å²) in [6.45, 7) is 0. The zero-order chi connectivity index (χ0) is 18.4. The number of rotatable bonds is 2. The number of fused-ring (bicyclic) bond motifs is 1. The number of aromatic nitrogens is 2. The van der Waals surface area contributed by atoms with Crippen LogP contribution in [0.1, 0.15) is 23.6 Å².